The Hall–Kier alpha value is -3.02. The third-order valence-electron chi connectivity index (χ3n) is 4.46. The molecule has 6 heteroatoms. The summed E-state index contributed by atoms with van der Waals surface area (Å²) in [6.45, 7) is 5.62. The third kappa shape index (κ3) is 3.28. The van der Waals surface area contributed by atoms with E-state index in [0.717, 1.165) is 54.8 Å². The van der Waals surface area contributed by atoms with Crippen molar-refractivity contribution in [3.8, 4) is 11.3 Å². The van der Waals surface area contributed by atoms with Crippen LogP contribution in [0.1, 0.15) is 5.56 Å². The predicted octanol–water partition coefficient (Wildman–Crippen LogP) is 2.57. The molecule has 0 saturated carbocycles. The van der Waals surface area contributed by atoms with Gasteiger partial charge in [-0.05, 0) is 24.6 Å². The molecule has 3 heterocycles. The number of aromatic nitrogens is 4. The minimum Gasteiger partial charge on any atom is -0.352 e. The van der Waals surface area contributed by atoms with Crippen LogP contribution in [0.4, 0.5) is 11.8 Å². The third-order valence-corrected chi connectivity index (χ3v) is 4.46. The number of rotatable bonds is 3. The van der Waals surface area contributed by atoms with E-state index in [4.69, 9.17) is 0 Å². The molecule has 0 amide bonds. The lowest BCUT2D eigenvalue weighted by Gasteiger charge is -2.35. The van der Waals surface area contributed by atoms with E-state index in [-0.39, 0.29) is 0 Å². The fraction of sp³-hybridized carbons (Fsp3) is 0.263. The van der Waals surface area contributed by atoms with Crippen LogP contribution >= 0.6 is 0 Å². The van der Waals surface area contributed by atoms with Gasteiger partial charge in [0.25, 0.3) is 0 Å². The summed E-state index contributed by atoms with van der Waals surface area (Å²) in [5, 5.41) is 8.93. The largest absolute Gasteiger partial charge is 0.352 e. The molecule has 1 aliphatic rings. The van der Waals surface area contributed by atoms with E-state index in [1.165, 1.54) is 0 Å². The molecular weight excluding hydrogens is 312 g/mol. The molecule has 0 bridgehead atoms. The maximum atomic E-state index is 4.47. The number of benzene rings is 1. The van der Waals surface area contributed by atoms with Crippen LogP contribution in [0.5, 0.6) is 0 Å². The maximum absolute atomic E-state index is 4.47. The van der Waals surface area contributed by atoms with Crippen molar-refractivity contribution in [3.05, 3.63) is 60.4 Å². The molecule has 0 spiro atoms. The lowest BCUT2D eigenvalue weighted by atomic mass is 10.1. The summed E-state index contributed by atoms with van der Waals surface area (Å²) in [7, 11) is 0. The highest BCUT2D eigenvalue weighted by Crippen LogP contribution is 2.23. The van der Waals surface area contributed by atoms with E-state index in [9.17, 15) is 0 Å². The number of hydrogen-bond donors (Lipinski definition) is 0. The zero-order chi connectivity index (χ0) is 17.1. The second-order valence-corrected chi connectivity index (χ2v) is 6.12. The van der Waals surface area contributed by atoms with Crippen LogP contribution in [-0.4, -0.2) is 46.3 Å². The van der Waals surface area contributed by atoms with Crippen LogP contribution in [0, 0.1) is 6.92 Å². The Kier molecular flexibility index (Phi) is 4.24. The van der Waals surface area contributed by atoms with Crippen molar-refractivity contribution in [2.24, 2.45) is 0 Å². The molecule has 4 rings (SSSR count). The van der Waals surface area contributed by atoms with Gasteiger partial charge < -0.3 is 9.80 Å². The number of anilines is 2. The van der Waals surface area contributed by atoms with E-state index in [1.54, 1.807) is 12.4 Å². The second-order valence-electron chi connectivity index (χ2n) is 6.12. The fourth-order valence-corrected chi connectivity index (χ4v) is 3.10. The molecule has 3 aromatic rings. The van der Waals surface area contributed by atoms with Crippen molar-refractivity contribution in [2.75, 3.05) is 36.0 Å². The molecule has 1 aliphatic heterocycles. The number of aryl methyl sites for hydroxylation is 1. The minimum atomic E-state index is 0.795. The monoisotopic (exact) mass is 332 g/mol. The van der Waals surface area contributed by atoms with E-state index in [2.05, 4.69) is 55.1 Å². The van der Waals surface area contributed by atoms with Crippen molar-refractivity contribution in [1.29, 1.82) is 0 Å². The average Bonchev–Trinajstić information content (AvgIpc) is 2.69. The zero-order valence-corrected chi connectivity index (χ0v) is 14.2. The number of nitrogens with zero attached hydrogens (tertiary/aromatic N) is 6. The van der Waals surface area contributed by atoms with Crippen LogP contribution in [0.15, 0.2) is 54.9 Å². The molecule has 126 valence electrons. The highest BCUT2D eigenvalue weighted by molar-refractivity contribution is 5.63. The van der Waals surface area contributed by atoms with Gasteiger partial charge in [-0.3, -0.25) is 0 Å². The topological polar surface area (TPSA) is 58.0 Å². The number of piperazine rings is 1. The molecule has 0 radical (unpaired) electrons. The Labute approximate surface area is 147 Å². The van der Waals surface area contributed by atoms with Crippen molar-refractivity contribution in [3.63, 3.8) is 0 Å². The first-order valence-electron chi connectivity index (χ1n) is 8.48. The summed E-state index contributed by atoms with van der Waals surface area (Å²) < 4.78 is 0. The van der Waals surface area contributed by atoms with E-state index >= 15 is 0 Å². The summed E-state index contributed by atoms with van der Waals surface area (Å²) in [5.41, 5.74) is 3.19. The quantitative estimate of drug-likeness (QED) is 0.735. The van der Waals surface area contributed by atoms with Gasteiger partial charge in [-0.2, -0.15) is 0 Å². The summed E-state index contributed by atoms with van der Waals surface area (Å²) in [6.07, 6.45) is 3.57. The van der Waals surface area contributed by atoms with Gasteiger partial charge in [-0.15, -0.1) is 10.2 Å². The predicted molar refractivity (Wildman–Crippen MR) is 98.7 cm³/mol. The second kappa shape index (κ2) is 6.84. The fourth-order valence-electron chi connectivity index (χ4n) is 3.10. The first-order chi connectivity index (χ1) is 12.3. The molecule has 6 nitrogen and oxygen atoms in total. The summed E-state index contributed by atoms with van der Waals surface area (Å²) in [6, 6.07) is 14.2. The minimum absolute atomic E-state index is 0.795. The lowest BCUT2D eigenvalue weighted by molar-refractivity contribution is 0.631. The Morgan fingerprint density at radius 2 is 1.48 bits per heavy atom. The first-order valence-corrected chi connectivity index (χ1v) is 8.48. The summed E-state index contributed by atoms with van der Waals surface area (Å²) >= 11 is 0. The molecule has 0 aliphatic carbocycles. The normalized spacial score (nSPS) is 14.6. The summed E-state index contributed by atoms with van der Waals surface area (Å²) in [4.78, 5) is 13.1. The van der Waals surface area contributed by atoms with E-state index in [0.29, 0.717) is 0 Å². The van der Waals surface area contributed by atoms with Gasteiger partial charge in [0.15, 0.2) is 5.82 Å². The summed E-state index contributed by atoms with van der Waals surface area (Å²) in [5.74, 6) is 1.73. The average molecular weight is 332 g/mol. The molecule has 1 fully saturated rings. The standard InChI is InChI=1S/C19H20N6/c1-15-14-17(22-23-18(15)16-6-3-2-4-7-16)24-10-12-25(13-11-24)19-20-8-5-9-21-19/h2-9,14H,10-13H2,1H3. The van der Waals surface area contributed by atoms with Gasteiger partial charge in [0.2, 0.25) is 5.95 Å². The van der Waals surface area contributed by atoms with Gasteiger partial charge in [0.1, 0.15) is 0 Å². The Bertz CT molecular complexity index is 829. The van der Waals surface area contributed by atoms with Gasteiger partial charge in [-0.1, -0.05) is 30.3 Å². The zero-order valence-electron chi connectivity index (χ0n) is 14.2. The maximum Gasteiger partial charge on any atom is 0.225 e. The van der Waals surface area contributed by atoms with Crippen molar-refractivity contribution >= 4 is 11.8 Å². The molecule has 1 aromatic carbocycles. The van der Waals surface area contributed by atoms with Gasteiger partial charge >= 0.3 is 0 Å². The molecule has 2 aromatic heterocycles. The Morgan fingerprint density at radius 3 is 2.16 bits per heavy atom. The van der Waals surface area contributed by atoms with E-state index in [1.807, 2.05) is 24.3 Å². The van der Waals surface area contributed by atoms with Crippen LogP contribution in [0.3, 0.4) is 0 Å². The SMILES string of the molecule is Cc1cc(N2CCN(c3ncccn3)CC2)nnc1-c1ccccc1. The highest BCUT2D eigenvalue weighted by Gasteiger charge is 2.20. The van der Waals surface area contributed by atoms with Gasteiger partial charge in [0, 0.05) is 44.1 Å². The van der Waals surface area contributed by atoms with Crippen molar-refractivity contribution in [1.82, 2.24) is 20.2 Å². The molecular formula is C19H20N6. The van der Waals surface area contributed by atoms with Crippen molar-refractivity contribution in [2.45, 2.75) is 6.92 Å². The van der Waals surface area contributed by atoms with Crippen LogP contribution in [0.2, 0.25) is 0 Å². The van der Waals surface area contributed by atoms with Gasteiger partial charge in [0.05, 0.1) is 5.69 Å². The van der Waals surface area contributed by atoms with Crippen LogP contribution in [-0.2, 0) is 0 Å². The molecule has 0 N–H and O–H groups in total. The highest BCUT2D eigenvalue weighted by atomic mass is 15.3. The number of hydrogen-bond acceptors (Lipinski definition) is 6. The Balaban J connectivity index is 1.48. The molecule has 0 atom stereocenters. The molecule has 25 heavy (non-hydrogen) atoms. The smallest absolute Gasteiger partial charge is 0.225 e. The molecule has 1 saturated heterocycles. The van der Waals surface area contributed by atoms with E-state index < -0.39 is 0 Å². The lowest BCUT2D eigenvalue weighted by Crippen LogP contribution is -2.47. The van der Waals surface area contributed by atoms with Crippen LogP contribution in [0.25, 0.3) is 11.3 Å². The van der Waals surface area contributed by atoms with Gasteiger partial charge in [-0.25, -0.2) is 9.97 Å². The molecule has 0 unspecified atom stereocenters. The first kappa shape index (κ1) is 15.5. The van der Waals surface area contributed by atoms with Crippen molar-refractivity contribution < 1.29 is 0 Å². The Morgan fingerprint density at radius 1 is 0.800 bits per heavy atom. The van der Waals surface area contributed by atoms with Crippen LogP contribution < -0.4 is 9.80 Å².